The molecule has 0 radical (unpaired) electrons. The van der Waals surface area contributed by atoms with Gasteiger partial charge in [-0.05, 0) is 25.5 Å². The lowest BCUT2D eigenvalue weighted by atomic mass is 10.0. The van der Waals surface area contributed by atoms with E-state index < -0.39 is 0 Å². The van der Waals surface area contributed by atoms with E-state index in [0.29, 0.717) is 24.2 Å². The van der Waals surface area contributed by atoms with Crippen LogP contribution in [0.4, 0.5) is 0 Å². The average molecular weight is 290 g/mol. The van der Waals surface area contributed by atoms with Gasteiger partial charge in [0, 0.05) is 24.3 Å². The molecule has 1 atom stereocenters. The molecule has 1 heterocycles. The van der Waals surface area contributed by atoms with Gasteiger partial charge in [-0.3, -0.25) is 4.79 Å². The van der Waals surface area contributed by atoms with Crippen molar-refractivity contribution in [2.45, 2.75) is 46.6 Å². The summed E-state index contributed by atoms with van der Waals surface area (Å²) in [6.45, 7) is 7.83. The summed E-state index contributed by atoms with van der Waals surface area (Å²) in [4.78, 5) is 23.9. The summed E-state index contributed by atoms with van der Waals surface area (Å²) in [5.74, 6) is 0.593. The number of Topliss-reactive ketones (excluding diaryl/α,β-unsaturated/α-hetero) is 1. The van der Waals surface area contributed by atoms with E-state index in [9.17, 15) is 9.59 Å². The van der Waals surface area contributed by atoms with Gasteiger partial charge in [0.1, 0.15) is 11.9 Å². The Morgan fingerprint density at radius 3 is 2.52 bits per heavy atom. The summed E-state index contributed by atoms with van der Waals surface area (Å²) in [5.41, 5.74) is 3.33. The highest BCUT2D eigenvalue weighted by atomic mass is 16.5. The predicted octanol–water partition coefficient (Wildman–Crippen LogP) is 3.09. The summed E-state index contributed by atoms with van der Waals surface area (Å²) in [7, 11) is 1.38. The van der Waals surface area contributed by atoms with Crippen LogP contribution in [0, 0.1) is 5.92 Å². The van der Waals surface area contributed by atoms with Crippen molar-refractivity contribution >= 4 is 11.8 Å². The highest BCUT2D eigenvalue weighted by Crippen LogP contribution is 2.38. The Morgan fingerprint density at radius 2 is 2.05 bits per heavy atom. The quantitative estimate of drug-likeness (QED) is 0.592. The molecule has 1 unspecified atom stereocenters. The number of ketones is 1. The fraction of sp³-hybridized carbons (Fsp3) is 0.529. The van der Waals surface area contributed by atoms with Crippen molar-refractivity contribution in [1.29, 1.82) is 0 Å². The van der Waals surface area contributed by atoms with Crippen LogP contribution >= 0.6 is 0 Å². The second kappa shape index (κ2) is 5.88. The molecular weight excluding hydrogens is 268 g/mol. The first-order valence-electron chi connectivity index (χ1n) is 7.24. The van der Waals surface area contributed by atoms with Crippen molar-refractivity contribution in [3.63, 3.8) is 0 Å². The minimum Gasteiger partial charge on any atom is -0.489 e. The number of hydrogen-bond donors (Lipinski definition) is 0. The SMILES string of the molecule is COC(=O)C1=C(C(C)C)OC(C2=CC(=C(C)C)C(=O)C2)C1. The molecule has 1 aliphatic carbocycles. The maximum Gasteiger partial charge on any atom is 0.337 e. The molecule has 0 saturated carbocycles. The fourth-order valence-corrected chi connectivity index (χ4v) is 2.78. The number of esters is 1. The number of allylic oxidation sites excluding steroid dienone is 4. The van der Waals surface area contributed by atoms with Crippen molar-refractivity contribution < 1.29 is 19.1 Å². The van der Waals surface area contributed by atoms with Crippen molar-refractivity contribution in [3.8, 4) is 0 Å². The third-order valence-corrected chi connectivity index (χ3v) is 3.86. The fourth-order valence-electron chi connectivity index (χ4n) is 2.78. The molecular formula is C17H22O4. The van der Waals surface area contributed by atoms with E-state index in [2.05, 4.69) is 0 Å². The van der Waals surface area contributed by atoms with E-state index in [1.54, 1.807) is 0 Å². The standard InChI is InChI=1S/C17H22O4/c1-9(2)12-6-11(7-14(12)18)15-8-13(17(19)20-5)16(21-15)10(3)4/h6,10,15H,7-8H2,1-5H3. The molecule has 4 nitrogen and oxygen atoms in total. The molecule has 2 aliphatic rings. The zero-order valence-electron chi connectivity index (χ0n) is 13.3. The van der Waals surface area contributed by atoms with Crippen LogP contribution in [0.2, 0.25) is 0 Å². The van der Waals surface area contributed by atoms with Gasteiger partial charge in [0.05, 0.1) is 12.7 Å². The third-order valence-electron chi connectivity index (χ3n) is 3.86. The minimum absolute atomic E-state index is 0.115. The molecule has 0 saturated heterocycles. The molecule has 2 rings (SSSR count). The first-order valence-corrected chi connectivity index (χ1v) is 7.24. The van der Waals surface area contributed by atoms with Gasteiger partial charge in [0.25, 0.3) is 0 Å². The van der Waals surface area contributed by atoms with Gasteiger partial charge < -0.3 is 9.47 Å². The molecule has 0 fully saturated rings. The molecule has 1 aliphatic heterocycles. The van der Waals surface area contributed by atoms with Crippen LogP contribution < -0.4 is 0 Å². The van der Waals surface area contributed by atoms with E-state index in [0.717, 1.165) is 16.7 Å². The molecule has 0 aromatic heterocycles. The molecule has 0 amide bonds. The molecule has 0 aromatic carbocycles. The first-order chi connectivity index (χ1) is 9.85. The van der Waals surface area contributed by atoms with Gasteiger partial charge in [-0.1, -0.05) is 19.4 Å². The molecule has 21 heavy (non-hydrogen) atoms. The Labute approximate surface area is 125 Å². The number of methoxy groups -OCH3 is 1. The summed E-state index contributed by atoms with van der Waals surface area (Å²) < 4.78 is 10.8. The van der Waals surface area contributed by atoms with Crippen LogP contribution in [-0.4, -0.2) is 25.0 Å². The molecule has 0 spiro atoms. The Morgan fingerprint density at radius 1 is 1.38 bits per heavy atom. The lowest BCUT2D eigenvalue weighted by Crippen LogP contribution is -2.11. The molecule has 0 bridgehead atoms. The van der Waals surface area contributed by atoms with Gasteiger partial charge in [-0.25, -0.2) is 4.79 Å². The van der Waals surface area contributed by atoms with Gasteiger partial charge in [0.15, 0.2) is 5.78 Å². The Bertz CT molecular complexity index is 572. The number of rotatable bonds is 3. The summed E-state index contributed by atoms with van der Waals surface area (Å²) >= 11 is 0. The highest BCUT2D eigenvalue weighted by molar-refractivity contribution is 6.03. The second-order valence-corrected chi connectivity index (χ2v) is 6.03. The van der Waals surface area contributed by atoms with Crippen molar-refractivity contribution in [3.05, 3.63) is 34.1 Å². The van der Waals surface area contributed by atoms with Crippen LogP contribution in [-0.2, 0) is 19.1 Å². The van der Waals surface area contributed by atoms with Gasteiger partial charge in [-0.15, -0.1) is 0 Å². The number of hydrogen-bond acceptors (Lipinski definition) is 4. The normalized spacial score (nSPS) is 21.8. The van der Waals surface area contributed by atoms with E-state index in [4.69, 9.17) is 9.47 Å². The van der Waals surface area contributed by atoms with Crippen molar-refractivity contribution in [2.24, 2.45) is 5.92 Å². The topological polar surface area (TPSA) is 52.6 Å². The zero-order valence-corrected chi connectivity index (χ0v) is 13.3. The second-order valence-electron chi connectivity index (χ2n) is 6.03. The smallest absolute Gasteiger partial charge is 0.337 e. The first kappa shape index (κ1) is 15.5. The Balaban J connectivity index is 2.24. The predicted molar refractivity (Wildman–Crippen MR) is 79.5 cm³/mol. The summed E-state index contributed by atoms with van der Waals surface area (Å²) in [6, 6.07) is 0. The van der Waals surface area contributed by atoms with Crippen LogP contribution in [0.15, 0.2) is 34.1 Å². The molecule has 0 aromatic rings. The minimum atomic E-state index is -0.339. The van der Waals surface area contributed by atoms with E-state index >= 15 is 0 Å². The van der Waals surface area contributed by atoms with Crippen LogP contribution in [0.5, 0.6) is 0 Å². The Hall–Kier alpha value is -1.84. The van der Waals surface area contributed by atoms with E-state index in [-0.39, 0.29) is 23.8 Å². The number of ether oxygens (including phenoxy) is 2. The molecule has 0 N–H and O–H groups in total. The van der Waals surface area contributed by atoms with Crippen LogP contribution in [0.1, 0.15) is 40.5 Å². The van der Waals surface area contributed by atoms with Crippen LogP contribution in [0.25, 0.3) is 0 Å². The Kier molecular flexibility index (Phi) is 4.35. The van der Waals surface area contributed by atoms with Gasteiger partial charge in [-0.2, -0.15) is 0 Å². The van der Waals surface area contributed by atoms with Crippen LogP contribution in [0.3, 0.4) is 0 Å². The van der Waals surface area contributed by atoms with Crippen molar-refractivity contribution in [2.75, 3.05) is 7.11 Å². The largest absolute Gasteiger partial charge is 0.489 e. The third kappa shape index (κ3) is 2.94. The summed E-state index contributed by atoms with van der Waals surface area (Å²) in [5, 5.41) is 0. The van der Waals surface area contributed by atoms with Gasteiger partial charge >= 0.3 is 5.97 Å². The average Bonchev–Trinajstić information content (AvgIpc) is 3.01. The highest BCUT2D eigenvalue weighted by Gasteiger charge is 2.36. The molecule has 114 valence electrons. The lowest BCUT2D eigenvalue weighted by molar-refractivity contribution is -0.136. The monoisotopic (exact) mass is 290 g/mol. The zero-order chi connectivity index (χ0) is 15.7. The molecule has 4 heteroatoms. The van der Waals surface area contributed by atoms with Crippen molar-refractivity contribution in [1.82, 2.24) is 0 Å². The summed E-state index contributed by atoms with van der Waals surface area (Å²) in [6.07, 6.45) is 2.55. The van der Waals surface area contributed by atoms with E-state index in [1.165, 1.54) is 7.11 Å². The van der Waals surface area contributed by atoms with E-state index in [1.807, 2.05) is 33.8 Å². The lowest BCUT2D eigenvalue weighted by Gasteiger charge is -2.15. The maximum absolute atomic E-state index is 12.0. The number of carbonyl (C=O) groups is 2. The maximum atomic E-state index is 12.0. The van der Waals surface area contributed by atoms with Gasteiger partial charge in [0.2, 0.25) is 0 Å². The number of carbonyl (C=O) groups excluding carboxylic acids is 2.